The van der Waals surface area contributed by atoms with Crippen LogP contribution in [0.15, 0.2) is 39.8 Å². The van der Waals surface area contributed by atoms with Crippen LogP contribution >= 0.6 is 0 Å². The number of rotatable bonds is 4. The van der Waals surface area contributed by atoms with Crippen molar-refractivity contribution in [3.8, 4) is 12.3 Å². The maximum Gasteiger partial charge on any atom is 0.240 e. The average molecular weight is 330 g/mol. The highest BCUT2D eigenvalue weighted by Crippen LogP contribution is 2.22. The molecule has 6 heteroatoms. The number of sulfone groups is 1. The van der Waals surface area contributed by atoms with Crippen LogP contribution in [0.25, 0.3) is 6.08 Å². The standard InChI is InChI=1S/C17H18N2O3S/c1-4-9-23(21,22)15-8-6-5-7-14(15)10-12(2)17-13(3)11-16(20)18-19-17/h1,5-8,10,13H,9,11H2,2-3H3,(H,18,20). The summed E-state index contributed by atoms with van der Waals surface area (Å²) in [4.78, 5) is 11.5. The highest BCUT2D eigenvalue weighted by Gasteiger charge is 2.22. The molecular formula is C17H18N2O3S. The Kier molecular flexibility index (Phi) is 5.02. The molecule has 0 aliphatic carbocycles. The predicted octanol–water partition coefficient (Wildman–Crippen LogP) is 2.01. The molecule has 1 aromatic carbocycles. The molecule has 0 spiro atoms. The summed E-state index contributed by atoms with van der Waals surface area (Å²) in [5.41, 5.74) is 4.57. The normalized spacial score (nSPS) is 18.8. The first-order chi connectivity index (χ1) is 10.8. The van der Waals surface area contributed by atoms with Crippen molar-refractivity contribution >= 4 is 27.5 Å². The fourth-order valence-electron chi connectivity index (χ4n) is 2.51. The molecule has 0 fully saturated rings. The highest BCUT2D eigenvalue weighted by atomic mass is 32.2. The van der Waals surface area contributed by atoms with Gasteiger partial charge in [-0.1, -0.05) is 31.0 Å². The Morgan fingerprint density at radius 1 is 1.48 bits per heavy atom. The van der Waals surface area contributed by atoms with Gasteiger partial charge in [-0.05, 0) is 30.2 Å². The number of hydrogen-bond donors (Lipinski definition) is 1. The van der Waals surface area contributed by atoms with Crippen molar-refractivity contribution in [2.45, 2.75) is 25.2 Å². The van der Waals surface area contributed by atoms with Crippen LogP contribution in [0.5, 0.6) is 0 Å². The van der Waals surface area contributed by atoms with E-state index in [0.29, 0.717) is 12.0 Å². The zero-order valence-corrected chi connectivity index (χ0v) is 13.9. The number of carbonyl (C=O) groups excluding carboxylic acids is 1. The predicted molar refractivity (Wildman–Crippen MR) is 90.3 cm³/mol. The largest absolute Gasteiger partial charge is 0.273 e. The van der Waals surface area contributed by atoms with E-state index in [4.69, 9.17) is 6.42 Å². The lowest BCUT2D eigenvalue weighted by Crippen LogP contribution is -2.31. The number of nitrogens with one attached hydrogen (secondary N) is 1. The molecule has 1 atom stereocenters. The number of terminal acetylenes is 1. The first-order valence-corrected chi connectivity index (χ1v) is 8.80. The molecular weight excluding hydrogens is 312 g/mol. The highest BCUT2D eigenvalue weighted by molar-refractivity contribution is 7.91. The van der Waals surface area contributed by atoms with E-state index in [1.54, 1.807) is 30.3 Å². The Bertz CT molecular complexity index is 830. The second-order valence-corrected chi connectivity index (χ2v) is 7.42. The molecule has 0 aromatic heterocycles. The maximum absolute atomic E-state index is 12.3. The van der Waals surface area contributed by atoms with Gasteiger partial charge in [-0.3, -0.25) is 4.79 Å². The quantitative estimate of drug-likeness (QED) is 0.858. The molecule has 1 aliphatic rings. The summed E-state index contributed by atoms with van der Waals surface area (Å²) in [6.45, 7) is 3.76. The van der Waals surface area contributed by atoms with Gasteiger partial charge in [0.25, 0.3) is 0 Å². The van der Waals surface area contributed by atoms with E-state index < -0.39 is 9.84 Å². The van der Waals surface area contributed by atoms with Gasteiger partial charge in [0.1, 0.15) is 5.75 Å². The zero-order valence-electron chi connectivity index (χ0n) is 13.0. The lowest BCUT2D eigenvalue weighted by molar-refractivity contribution is -0.121. The van der Waals surface area contributed by atoms with E-state index in [2.05, 4.69) is 16.4 Å². The van der Waals surface area contributed by atoms with Crippen molar-refractivity contribution in [2.75, 3.05) is 5.75 Å². The van der Waals surface area contributed by atoms with Gasteiger partial charge >= 0.3 is 0 Å². The molecule has 5 nitrogen and oxygen atoms in total. The summed E-state index contributed by atoms with van der Waals surface area (Å²) in [6.07, 6.45) is 7.27. The molecule has 23 heavy (non-hydrogen) atoms. The van der Waals surface area contributed by atoms with Gasteiger partial charge in [0.2, 0.25) is 5.91 Å². The summed E-state index contributed by atoms with van der Waals surface area (Å²) in [5, 5.41) is 4.08. The smallest absolute Gasteiger partial charge is 0.240 e. The van der Waals surface area contributed by atoms with Crippen LogP contribution in [0.3, 0.4) is 0 Å². The Labute approximate surface area is 136 Å². The molecule has 1 aliphatic heterocycles. The molecule has 0 bridgehead atoms. The van der Waals surface area contributed by atoms with Crippen molar-refractivity contribution in [2.24, 2.45) is 11.0 Å². The van der Waals surface area contributed by atoms with E-state index in [-0.39, 0.29) is 22.5 Å². The minimum Gasteiger partial charge on any atom is -0.273 e. The van der Waals surface area contributed by atoms with Crippen LogP contribution in [0.1, 0.15) is 25.8 Å². The number of amides is 1. The number of hydrazone groups is 1. The summed E-state index contributed by atoms with van der Waals surface area (Å²) in [5.74, 6) is 1.70. The SMILES string of the molecule is C#CCS(=O)(=O)c1ccccc1C=C(C)C1=NNC(=O)CC1C. The van der Waals surface area contributed by atoms with E-state index in [1.807, 2.05) is 13.8 Å². The van der Waals surface area contributed by atoms with E-state index in [9.17, 15) is 13.2 Å². The molecule has 0 saturated heterocycles. The number of carbonyl (C=O) groups is 1. The van der Waals surface area contributed by atoms with Crippen LogP contribution in [-0.4, -0.2) is 25.8 Å². The van der Waals surface area contributed by atoms with Gasteiger partial charge < -0.3 is 0 Å². The fraction of sp³-hybridized carbons (Fsp3) is 0.294. The first kappa shape index (κ1) is 17.0. The number of benzene rings is 1. The van der Waals surface area contributed by atoms with Crippen molar-refractivity contribution in [1.82, 2.24) is 5.43 Å². The van der Waals surface area contributed by atoms with Crippen molar-refractivity contribution in [3.63, 3.8) is 0 Å². The molecule has 2 rings (SSSR count). The van der Waals surface area contributed by atoms with Crippen molar-refractivity contribution in [1.29, 1.82) is 0 Å². The Morgan fingerprint density at radius 2 is 2.17 bits per heavy atom. The fourth-order valence-corrected chi connectivity index (χ4v) is 3.65. The molecule has 120 valence electrons. The van der Waals surface area contributed by atoms with Crippen LogP contribution < -0.4 is 5.43 Å². The summed E-state index contributed by atoms with van der Waals surface area (Å²) in [7, 11) is -3.53. The lowest BCUT2D eigenvalue weighted by Gasteiger charge is -2.19. The molecule has 1 heterocycles. The molecule has 1 unspecified atom stereocenters. The summed E-state index contributed by atoms with van der Waals surface area (Å²) in [6, 6.07) is 6.69. The number of nitrogens with zero attached hydrogens (tertiary/aromatic N) is 1. The monoisotopic (exact) mass is 330 g/mol. The Hall–Kier alpha value is -2.39. The third kappa shape index (κ3) is 3.88. The van der Waals surface area contributed by atoms with Crippen LogP contribution in [0.4, 0.5) is 0 Å². The second-order valence-electron chi connectivity index (χ2n) is 5.47. The van der Waals surface area contributed by atoms with Gasteiger partial charge in [0.15, 0.2) is 9.84 Å². The van der Waals surface area contributed by atoms with Gasteiger partial charge in [-0.25, -0.2) is 13.8 Å². The second kappa shape index (κ2) is 6.80. The van der Waals surface area contributed by atoms with Gasteiger partial charge in [-0.2, -0.15) is 5.10 Å². The first-order valence-electron chi connectivity index (χ1n) is 7.15. The molecule has 0 saturated carbocycles. The summed E-state index contributed by atoms with van der Waals surface area (Å²) < 4.78 is 24.5. The number of allylic oxidation sites excluding steroid dienone is 1. The van der Waals surface area contributed by atoms with E-state index in [0.717, 1.165) is 11.3 Å². The summed E-state index contributed by atoms with van der Waals surface area (Å²) >= 11 is 0. The van der Waals surface area contributed by atoms with Crippen molar-refractivity contribution < 1.29 is 13.2 Å². The molecule has 1 N–H and O–H groups in total. The average Bonchev–Trinajstić information content (AvgIpc) is 2.47. The van der Waals surface area contributed by atoms with Crippen LogP contribution in [0, 0.1) is 18.3 Å². The Morgan fingerprint density at radius 3 is 2.83 bits per heavy atom. The van der Waals surface area contributed by atoms with Gasteiger partial charge in [-0.15, -0.1) is 6.42 Å². The van der Waals surface area contributed by atoms with E-state index in [1.165, 1.54) is 0 Å². The molecule has 1 aromatic rings. The Balaban J connectivity index is 2.44. The third-order valence-electron chi connectivity index (χ3n) is 3.56. The molecule has 0 radical (unpaired) electrons. The topological polar surface area (TPSA) is 75.6 Å². The minimum atomic E-state index is -3.53. The zero-order chi connectivity index (χ0) is 17.0. The van der Waals surface area contributed by atoms with Gasteiger partial charge in [0.05, 0.1) is 10.6 Å². The molecule has 1 amide bonds. The third-order valence-corrected chi connectivity index (χ3v) is 5.15. The maximum atomic E-state index is 12.3. The van der Waals surface area contributed by atoms with Gasteiger partial charge in [0, 0.05) is 12.3 Å². The van der Waals surface area contributed by atoms with Crippen molar-refractivity contribution in [3.05, 3.63) is 35.4 Å². The minimum absolute atomic E-state index is 0.0190. The van der Waals surface area contributed by atoms with E-state index >= 15 is 0 Å². The van der Waals surface area contributed by atoms with Crippen LogP contribution in [0.2, 0.25) is 0 Å². The van der Waals surface area contributed by atoms with Crippen LogP contribution in [-0.2, 0) is 14.6 Å². The lowest BCUT2D eigenvalue weighted by atomic mass is 9.93. The number of hydrogen-bond acceptors (Lipinski definition) is 4.